The third kappa shape index (κ3) is 3.93. The smallest absolute Gasteiger partial charge is 0.223 e. The summed E-state index contributed by atoms with van der Waals surface area (Å²) < 4.78 is 0. The molecule has 1 saturated heterocycles. The predicted octanol–water partition coefficient (Wildman–Crippen LogP) is 0.522. The molecule has 108 valence electrons. The lowest BCUT2D eigenvalue weighted by atomic mass is 9.95. The van der Waals surface area contributed by atoms with Gasteiger partial charge in [0.05, 0.1) is 6.10 Å². The quantitative estimate of drug-likeness (QED) is 0.784. The van der Waals surface area contributed by atoms with E-state index in [-0.39, 0.29) is 23.8 Å². The van der Waals surface area contributed by atoms with Gasteiger partial charge < -0.3 is 15.3 Å². The zero-order valence-electron chi connectivity index (χ0n) is 11.6. The molecule has 2 rings (SSSR count). The molecule has 0 spiro atoms. The number of hydrogen-bond acceptors (Lipinski definition) is 3. The van der Waals surface area contributed by atoms with E-state index < -0.39 is 0 Å². The number of aliphatic hydroxyl groups is 1. The molecule has 1 aliphatic heterocycles. The third-order valence-corrected chi connectivity index (χ3v) is 4.39. The molecule has 0 radical (unpaired) electrons. The minimum atomic E-state index is -0.180. The van der Waals surface area contributed by atoms with E-state index in [1.54, 1.807) is 11.8 Å². The fraction of sp³-hybridized carbons (Fsp3) is 0.857. The Kier molecular flexibility index (Phi) is 4.80. The average Bonchev–Trinajstić information content (AvgIpc) is 2.82. The lowest BCUT2D eigenvalue weighted by Crippen LogP contribution is -2.43. The molecule has 2 amide bonds. The summed E-state index contributed by atoms with van der Waals surface area (Å²) in [6, 6.07) is 0. The summed E-state index contributed by atoms with van der Waals surface area (Å²) >= 11 is 0. The molecule has 2 fully saturated rings. The van der Waals surface area contributed by atoms with Crippen LogP contribution in [0.2, 0.25) is 0 Å². The number of amides is 2. The van der Waals surface area contributed by atoms with Crippen LogP contribution in [0.5, 0.6) is 0 Å². The monoisotopic (exact) mass is 268 g/mol. The second kappa shape index (κ2) is 6.37. The molecule has 2 aliphatic rings. The minimum absolute atomic E-state index is 0.0435. The zero-order chi connectivity index (χ0) is 13.8. The number of hydrogen-bond donors (Lipinski definition) is 2. The molecule has 5 heteroatoms. The van der Waals surface area contributed by atoms with Gasteiger partial charge in [0.2, 0.25) is 11.8 Å². The summed E-state index contributed by atoms with van der Waals surface area (Å²) in [5.74, 6) is 0.682. The van der Waals surface area contributed by atoms with Crippen molar-refractivity contribution >= 4 is 11.8 Å². The van der Waals surface area contributed by atoms with E-state index in [9.17, 15) is 14.7 Å². The van der Waals surface area contributed by atoms with Crippen LogP contribution in [0.15, 0.2) is 0 Å². The highest BCUT2D eigenvalue weighted by Gasteiger charge is 2.27. The Morgan fingerprint density at radius 2 is 1.89 bits per heavy atom. The molecule has 1 heterocycles. The molecule has 0 aromatic rings. The molecular formula is C14H24N2O3. The van der Waals surface area contributed by atoms with E-state index in [1.807, 2.05) is 0 Å². The Labute approximate surface area is 114 Å². The number of nitrogens with one attached hydrogen (secondary N) is 1. The second-order valence-electron chi connectivity index (χ2n) is 5.86. The van der Waals surface area contributed by atoms with Gasteiger partial charge in [0.1, 0.15) is 0 Å². The summed E-state index contributed by atoms with van der Waals surface area (Å²) in [6.07, 6.45) is 4.02. The second-order valence-corrected chi connectivity index (χ2v) is 5.86. The van der Waals surface area contributed by atoms with Gasteiger partial charge in [-0.25, -0.2) is 0 Å². The molecule has 2 unspecified atom stereocenters. The lowest BCUT2D eigenvalue weighted by molar-refractivity contribution is -0.134. The zero-order valence-corrected chi connectivity index (χ0v) is 11.6. The van der Waals surface area contributed by atoms with Gasteiger partial charge in [0.15, 0.2) is 0 Å². The molecule has 2 atom stereocenters. The van der Waals surface area contributed by atoms with Gasteiger partial charge in [-0.15, -0.1) is 0 Å². The average molecular weight is 268 g/mol. The van der Waals surface area contributed by atoms with E-state index in [2.05, 4.69) is 5.32 Å². The van der Waals surface area contributed by atoms with Crippen LogP contribution in [0.3, 0.4) is 0 Å². The van der Waals surface area contributed by atoms with E-state index in [0.29, 0.717) is 25.6 Å². The van der Waals surface area contributed by atoms with E-state index >= 15 is 0 Å². The number of carbonyl (C=O) groups excluding carboxylic acids is 2. The fourth-order valence-corrected chi connectivity index (χ4v) is 3.08. The number of nitrogens with zero attached hydrogens (tertiary/aromatic N) is 1. The number of likely N-dealkylation sites (tertiary alicyclic amines) is 1. The Morgan fingerprint density at radius 1 is 1.21 bits per heavy atom. The Hall–Kier alpha value is -1.10. The maximum atomic E-state index is 12.0. The highest BCUT2D eigenvalue weighted by Crippen LogP contribution is 2.25. The molecule has 1 saturated carbocycles. The molecule has 0 aromatic heterocycles. The van der Waals surface area contributed by atoms with Gasteiger partial charge in [-0.1, -0.05) is 0 Å². The first-order chi connectivity index (χ1) is 9.06. The van der Waals surface area contributed by atoms with E-state index in [1.165, 1.54) is 0 Å². The largest absolute Gasteiger partial charge is 0.393 e. The molecule has 2 N–H and O–H groups in total. The predicted molar refractivity (Wildman–Crippen MR) is 71.3 cm³/mol. The summed E-state index contributed by atoms with van der Waals surface area (Å²) in [6.45, 7) is 3.64. The SMILES string of the molecule is CC(=O)N1CCC(C(=O)NCC2CCC(O)C2)CC1. The van der Waals surface area contributed by atoms with Crippen molar-refractivity contribution in [3.63, 3.8) is 0 Å². The van der Waals surface area contributed by atoms with Crippen LogP contribution in [-0.4, -0.2) is 47.6 Å². The first-order valence-electron chi connectivity index (χ1n) is 7.27. The van der Waals surface area contributed by atoms with Gasteiger partial charge in [0.25, 0.3) is 0 Å². The third-order valence-electron chi connectivity index (χ3n) is 4.39. The molecule has 5 nitrogen and oxygen atoms in total. The van der Waals surface area contributed by atoms with E-state index in [4.69, 9.17) is 0 Å². The molecule has 1 aliphatic carbocycles. The summed E-state index contributed by atoms with van der Waals surface area (Å²) in [4.78, 5) is 25.0. The van der Waals surface area contributed by atoms with Gasteiger partial charge in [0, 0.05) is 32.5 Å². The highest BCUT2D eigenvalue weighted by atomic mass is 16.3. The van der Waals surface area contributed by atoms with Crippen molar-refractivity contribution in [2.75, 3.05) is 19.6 Å². The normalized spacial score (nSPS) is 28.4. The maximum Gasteiger partial charge on any atom is 0.223 e. The van der Waals surface area contributed by atoms with Gasteiger partial charge in [-0.2, -0.15) is 0 Å². The van der Waals surface area contributed by atoms with Crippen LogP contribution < -0.4 is 5.32 Å². The van der Waals surface area contributed by atoms with Gasteiger partial charge >= 0.3 is 0 Å². The Balaban J connectivity index is 1.68. The van der Waals surface area contributed by atoms with Crippen molar-refractivity contribution in [3.05, 3.63) is 0 Å². The maximum absolute atomic E-state index is 12.0. The van der Waals surface area contributed by atoms with Crippen LogP contribution in [0.25, 0.3) is 0 Å². The van der Waals surface area contributed by atoms with Crippen LogP contribution in [-0.2, 0) is 9.59 Å². The van der Waals surface area contributed by atoms with Crippen LogP contribution in [0, 0.1) is 11.8 Å². The van der Waals surface area contributed by atoms with Crippen molar-refractivity contribution in [1.29, 1.82) is 0 Å². The number of aliphatic hydroxyl groups excluding tert-OH is 1. The van der Waals surface area contributed by atoms with Crippen molar-refractivity contribution in [1.82, 2.24) is 10.2 Å². The van der Waals surface area contributed by atoms with Crippen molar-refractivity contribution in [3.8, 4) is 0 Å². The minimum Gasteiger partial charge on any atom is -0.393 e. The van der Waals surface area contributed by atoms with Gasteiger partial charge in [-0.3, -0.25) is 9.59 Å². The standard InChI is InChI=1S/C14H24N2O3/c1-10(17)16-6-4-12(5-7-16)14(19)15-9-11-2-3-13(18)8-11/h11-13,18H,2-9H2,1H3,(H,15,19). The fourth-order valence-electron chi connectivity index (χ4n) is 3.08. The Bertz CT molecular complexity index is 338. The van der Waals surface area contributed by atoms with E-state index in [0.717, 1.165) is 32.1 Å². The summed E-state index contributed by atoms with van der Waals surface area (Å²) in [7, 11) is 0. The summed E-state index contributed by atoms with van der Waals surface area (Å²) in [5.41, 5.74) is 0. The molecule has 0 bridgehead atoms. The number of carbonyl (C=O) groups is 2. The molecule has 0 aromatic carbocycles. The summed E-state index contributed by atoms with van der Waals surface area (Å²) in [5, 5.41) is 12.4. The molecule has 19 heavy (non-hydrogen) atoms. The number of rotatable bonds is 3. The van der Waals surface area contributed by atoms with Crippen molar-refractivity contribution in [2.24, 2.45) is 11.8 Å². The Morgan fingerprint density at radius 3 is 2.42 bits per heavy atom. The first kappa shape index (κ1) is 14.3. The van der Waals surface area contributed by atoms with Crippen LogP contribution >= 0.6 is 0 Å². The van der Waals surface area contributed by atoms with Crippen LogP contribution in [0.4, 0.5) is 0 Å². The first-order valence-corrected chi connectivity index (χ1v) is 7.27. The lowest BCUT2D eigenvalue weighted by Gasteiger charge is -2.30. The van der Waals surface area contributed by atoms with Crippen LogP contribution in [0.1, 0.15) is 39.0 Å². The molecular weight excluding hydrogens is 244 g/mol. The van der Waals surface area contributed by atoms with Crippen molar-refractivity contribution in [2.45, 2.75) is 45.1 Å². The highest BCUT2D eigenvalue weighted by molar-refractivity contribution is 5.79. The van der Waals surface area contributed by atoms with Gasteiger partial charge in [-0.05, 0) is 38.0 Å². The van der Waals surface area contributed by atoms with Crippen molar-refractivity contribution < 1.29 is 14.7 Å². The number of piperidine rings is 1. The topological polar surface area (TPSA) is 69.6 Å².